The van der Waals surface area contributed by atoms with Crippen LogP contribution in [0, 0.1) is 0 Å². The molecule has 3 aromatic rings. The molecule has 0 bridgehead atoms. The van der Waals surface area contributed by atoms with Crippen molar-refractivity contribution >= 4 is 22.9 Å². The van der Waals surface area contributed by atoms with Crippen LogP contribution >= 0.6 is 0 Å². The molecule has 324 valence electrons. The van der Waals surface area contributed by atoms with Crippen molar-refractivity contribution in [2.75, 3.05) is 20.3 Å². The molecule has 3 aliphatic rings. The molecule has 8 N–H and O–H groups in total. The molecule has 6 rings (SSSR count). The molecule has 59 heavy (non-hydrogen) atoms. The third-order valence-electron chi connectivity index (χ3n) is 9.97. The number of methoxy groups -OCH3 is 1. The first-order valence-corrected chi connectivity index (χ1v) is 18.4. The van der Waals surface area contributed by atoms with Gasteiger partial charge in [0.1, 0.15) is 102 Å². The molecule has 2 aromatic carbocycles. The van der Waals surface area contributed by atoms with Crippen molar-refractivity contribution in [2.45, 2.75) is 113 Å². The second-order valence-electron chi connectivity index (χ2n) is 14.2. The lowest BCUT2D eigenvalue weighted by Crippen LogP contribution is -2.65. The molecular weight excluding hydrogens is 792 g/mol. The highest BCUT2D eigenvalue weighted by Gasteiger charge is 2.52. The van der Waals surface area contributed by atoms with Gasteiger partial charge in [-0.05, 0) is 31.2 Å². The molecule has 0 radical (unpaired) electrons. The van der Waals surface area contributed by atoms with Crippen LogP contribution in [0.3, 0.4) is 0 Å². The summed E-state index contributed by atoms with van der Waals surface area (Å²) in [5, 5.41) is 86.9. The number of hydrogen-bond donors (Lipinski definition) is 8. The molecule has 21 heteroatoms. The van der Waals surface area contributed by atoms with E-state index >= 15 is 0 Å². The minimum Gasteiger partial charge on any atom is -0.507 e. The first kappa shape index (κ1) is 44.1. The Kier molecular flexibility index (Phi) is 13.8. The van der Waals surface area contributed by atoms with Crippen molar-refractivity contribution in [1.82, 2.24) is 0 Å². The average Bonchev–Trinajstić information content (AvgIpc) is 3.19. The zero-order chi connectivity index (χ0) is 42.9. The highest BCUT2D eigenvalue weighted by atomic mass is 16.8. The summed E-state index contributed by atoms with van der Waals surface area (Å²) in [4.78, 5) is 36.2. The van der Waals surface area contributed by atoms with E-state index in [1.807, 2.05) is 0 Å². The second kappa shape index (κ2) is 18.4. The molecule has 3 aliphatic heterocycles. The van der Waals surface area contributed by atoms with Gasteiger partial charge < -0.3 is 87.9 Å². The van der Waals surface area contributed by atoms with Crippen molar-refractivity contribution in [3.63, 3.8) is 0 Å². The van der Waals surface area contributed by atoms with Crippen LogP contribution in [0.4, 0.5) is 0 Å². The van der Waals surface area contributed by atoms with Crippen molar-refractivity contribution < 1.29 is 97.5 Å². The van der Waals surface area contributed by atoms with Gasteiger partial charge in [-0.3, -0.25) is 14.4 Å². The number of aliphatic hydroxyl groups is 7. The van der Waals surface area contributed by atoms with Gasteiger partial charge in [-0.25, -0.2) is 0 Å². The highest BCUT2D eigenvalue weighted by molar-refractivity contribution is 5.86. The summed E-state index contributed by atoms with van der Waals surface area (Å²) in [5.74, 6) is -1.55. The molecule has 1 aromatic heterocycles. The van der Waals surface area contributed by atoms with E-state index in [2.05, 4.69) is 0 Å². The van der Waals surface area contributed by atoms with E-state index in [0.717, 1.165) is 19.9 Å². The van der Waals surface area contributed by atoms with Gasteiger partial charge in [0.05, 0.1) is 19.8 Å². The Hall–Kier alpha value is -4.49. The number of aliphatic hydroxyl groups excluding tert-OH is 7. The van der Waals surface area contributed by atoms with E-state index in [1.54, 1.807) is 24.3 Å². The van der Waals surface area contributed by atoms with Crippen molar-refractivity contribution in [2.24, 2.45) is 0 Å². The molecular formula is C38H46O21. The maximum Gasteiger partial charge on any atom is 0.303 e. The van der Waals surface area contributed by atoms with Crippen molar-refractivity contribution in [3.8, 4) is 28.6 Å². The SMILES string of the molecule is COc1ccc(-c2cc(=O)c3c(O)cc(O[C@@H]4OC(COC(C)=O)[C@@H](O)[C@H](O[C@@H]5OC(CO[C@@H]6OC(C)[C@H](OC(C)=O)C(O)[C@@H]6O)[C@@H](O)[C@H](O)C5O)C4O)cc3o2)cc1. The monoisotopic (exact) mass is 838 g/mol. The van der Waals surface area contributed by atoms with Gasteiger partial charge in [-0.1, -0.05) is 0 Å². The summed E-state index contributed by atoms with van der Waals surface area (Å²) in [6.07, 6.45) is -25.1. The van der Waals surface area contributed by atoms with E-state index in [9.17, 15) is 55.2 Å². The van der Waals surface area contributed by atoms with Crippen LogP contribution in [0.2, 0.25) is 0 Å². The first-order valence-electron chi connectivity index (χ1n) is 18.4. The van der Waals surface area contributed by atoms with Crippen LogP contribution < -0.4 is 14.9 Å². The second-order valence-corrected chi connectivity index (χ2v) is 14.2. The summed E-state index contributed by atoms with van der Waals surface area (Å²) >= 11 is 0. The number of phenols is 1. The molecule has 4 heterocycles. The molecule has 0 saturated carbocycles. The number of esters is 2. The first-order chi connectivity index (χ1) is 28.0. The molecule has 15 atom stereocenters. The lowest BCUT2D eigenvalue weighted by molar-refractivity contribution is -0.360. The summed E-state index contributed by atoms with van der Waals surface area (Å²) in [7, 11) is 1.49. The fraction of sp³-hybridized carbons (Fsp3) is 0.553. The third-order valence-corrected chi connectivity index (χ3v) is 9.97. The third kappa shape index (κ3) is 9.62. The smallest absolute Gasteiger partial charge is 0.303 e. The van der Waals surface area contributed by atoms with Gasteiger partial charge in [-0.15, -0.1) is 0 Å². The predicted molar refractivity (Wildman–Crippen MR) is 193 cm³/mol. The van der Waals surface area contributed by atoms with Crippen LogP contribution in [0.15, 0.2) is 51.7 Å². The fourth-order valence-electron chi connectivity index (χ4n) is 6.85. The number of aromatic hydroxyl groups is 1. The number of fused-ring (bicyclic) bond motifs is 1. The van der Waals surface area contributed by atoms with E-state index in [1.165, 1.54) is 26.2 Å². The minimum atomic E-state index is -2.00. The molecule has 0 spiro atoms. The zero-order valence-corrected chi connectivity index (χ0v) is 32.0. The lowest BCUT2D eigenvalue weighted by Gasteiger charge is -2.46. The molecule has 3 fully saturated rings. The number of hydrogen-bond acceptors (Lipinski definition) is 21. The Morgan fingerprint density at radius 2 is 1.36 bits per heavy atom. The fourth-order valence-corrected chi connectivity index (χ4v) is 6.85. The average molecular weight is 839 g/mol. The number of carbonyl (C=O) groups excluding carboxylic acids is 2. The summed E-state index contributed by atoms with van der Waals surface area (Å²) in [5.41, 5.74) is -0.199. The minimum absolute atomic E-state index is 0.119. The molecule has 0 aliphatic carbocycles. The molecule has 6 unspecified atom stereocenters. The molecule has 21 nitrogen and oxygen atoms in total. The number of carbonyl (C=O) groups is 2. The maximum atomic E-state index is 13.1. The largest absolute Gasteiger partial charge is 0.507 e. The van der Waals surface area contributed by atoms with Gasteiger partial charge in [0.15, 0.2) is 24.1 Å². The van der Waals surface area contributed by atoms with Gasteiger partial charge in [0, 0.05) is 37.6 Å². The Balaban J connectivity index is 1.21. The van der Waals surface area contributed by atoms with Crippen molar-refractivity contribution in [1.29, 1.82) is 0 Å². The number of phenolic OH excluding ortho intramolecular Hbond substituents is 1. The standard InChI is InChI=1S/C38H46O21/c1-14-34(54-16(3)40)30(46)32(48)36(53-14)52-13-24-27(43)29(45)31(47)37(57-24)59-35-28(44)25(12-51-15(2)39)58-38(33(35)49)55-19-9-20(41)26-21(42)11-22(56-23(26)10-19)17-5-7-18(50-4)8-6-17/h5-11,14,24-25,27-38,41,43-49H,12-13H2,1-4H3/t14?,24?,25?,27-,28-,29+,30?,31?,32+,33?,34+,35+,36-,37+,38-/m1/s1. The Morgan fingerprint density at radius 1 is 0.695 bits per heavy atom. The number of ether oxygens (including phenoxy) is 9. The zero-order valence-electron chi connectivity index (χ0n) is 32.0. The summed E-state index contributed by atoms with van der Waals surface area (Å²) in [6, 6.07) is 10.1. The van der Waals surface area contributed by atoms with Crippen LogP contribution in [0.1, 0.15) is 20.8 Å². The van der Waals surface area contributed by atoms with Gasteiger partial charge >= 0.3 is 11.9 Å². The molecule has 3 saturated heterocycles. The van der Waals surface area contributed by atoms with Gasteiger partial charge in [0.2, 0.25) is 6.29 Å². The van der Waals surface area contributed by atoms with Crippen LogP contribution in [-0.4, -0.2) is 165 Å². The summed E-state index contributed by atoms with van der Waals surface area (Å²) in [6.45, 7) is 2.41. The van der Waals surface area contributed by atoms with E-state index < -0.39 is 128 Å². The highest BCUT2D eigenvalue weighted by Crippen LogP contribution is 2.35. The van der Waals surface area contributed by atoms with Crippen LogP contribution in [-0.2, 0) is 42.7 Å². The Labute approximate surface area is 334 Å². The van der Waals surface area contributed by atoms with Crippen molar-refractivity contribution in [3.05, 3.63) is 52.7 Å². The lowest BCUT2D eigenvalue weighted by atomic mass is 9.96. The van der Waals surface area contributed by atoms with Crippen LogP contribution in [0.5, 0.6) is 17.2 Å². The topological polar surface area (TPSA) is 309 Å². The Morgan fingerprint density at radius 3 is 2.02 bits per heavy atom. The number of benzene rings is 2. The molecule has 0 amide bonds. The summed E-state index contributed by atoms with van der Waals surface area (Å²) < 4.78 is 55.5. The van der Waals surface area contributed by atoms with E-state index in [-0.39, 0.29) is 22.5 Å². The van der Waals surface area contributed by atoms with Gasteiger partial charge in [0.25, 0.3) is 0 Å². The van der Waals surface area contributed by atoms with Gasteiger partial charge in [-0.2, -0.15) is 0 Å². The quantitative estimate of drug-likeness (QED) is 0.0931. The predicted octanol–water partition coefficient (Wildman–Crippen LogP) is -1.83. The van der Waals surface area contributed by atoms with E-state index in [4.69, 9.17) is 47.0 Å². The van der Waals surface area contributed by atoms with E-state index in [0.29, 0.717) is 11.3 Å². The van der Waals surface area contributed by atoms with Crippen LogP contribution in [0.25, 0.3) is 22.3 Å². The Bertz CT molecular complexity index is 1990. The maximum absolute atomic E-state index is 13.1. The normalized spacial score (nSPS) is 34.9. The number of rotatable bonds is 12.